The second-order valence-corrected chi connectivity index (χ2v) is 10.5. The van der Waals surface area contributed by atoms with Gasteiger partial charge < -0.3 is 20.3 Å². The van der Waals surface area contributed by atoms with Gasteiger partial charge in [0.1, 0.15) is 18.2 Å². The van der Waals surface area contributed by atoms with Crippen LogP contribution >= 0.6 is 0 Å². The molecule has 0 spiro atoms. The Morgan fingerprint density at radius 3 is 2.24 bits per heavy atom. The summed E-state index contributed by atoms with van der Waals surface area (Å²) in [6.45, 7) is 11.9. The second-order valence-electron chi connectivity index (χ2n) is 10.5. The first-order chi connectivity index (χ1) is 17.5. The van der Waals surface area contributed by atoms with Gasteiger partial charge in [-0.1, -0.05) is 74.7 Å². The van der Waals surface area contributed by atoms with Gasteiger partial charge in [0.05, 0.1) is 0 Å². The molecule has 202 valence electrons. The molecule has 37 heavy (non-hydrogen) atoms. The standard InChI is InChI=1S/C30H43N3O4/c1-7-8-9-13-18-33(26(34)21-32-29(36)37-30(4,5)6)27(25-17-16-22(2)23(3)19-25)28(35)31-20-24-14-11-10-12-15-24/h10-12,14-17,19,27H,7-9,13,18,20-21H2,1-6H3,(H,31,35)(H,32,36). The molecule has 0 saturated carbocycles. The van der Waals surface area contributed by atoms with E-state index >= 15 is 0 Å². The predicted octanol–water partition coefficient (Wildman–Crippen LogP) is 5.59. The highest BCUT2D eigenvalue weighted by atomic mass is 16.6. The molecule has 7 heteroatoms. The molecule has 2 rings (SSSR count). The number of hydrogen-bond acceptors (Lipinski definition) is 4. The molecule has 2 aromatic rings. The second kappa shape index (κ2) is 14.4. The third-order valence-corrected chi connectivity index (χ3v) is 6.07. The molecule has 1 unspecified atom stereocenters. The molecule has 0 aromatic heterocycles. The van der Waals surface area contributed by atoms with E-state index < -0.39 is 17.7 Å². The fourth-order valence-corrected chi connectivity index (χ4v) is 3.96. The lowest BCUT2D eigenvalue weighted by atomic mass is 9.98. The topological polar surface area (TPSA) is 87.7 Å². The number of nitrogens with one attached hydrogen (secondary N) is 2. The molecule has 0 heterocycles. The lowest BCUT2D eigenvalue weighted by molar-refractivity contribution is -0.140. The van der Waals surface area contributed by atoms with Gasteiger partial charge in [0, 0.05) is 13.1 Å². The third kappa shape index (κ3) is 10.3. The summed E-state index contributed by atoms with van der Waals surface area (Å²) < 4.78 is 5.29. The zero-order valence-corrected chi connectivity index (χ0v) is 23.2. The molecule has 1 atom stereocenters. The van der Waals surface area contributed by atoms with Gasteiger partial charge in [0.15, 0.2) is 0 Å². The third-order valence-electron chi connectivity index (χ3n) is 6.07. The maximum atomic E-state index is 13.7. The summed E-state index contributed by atoms with van der Waals surface area (Å²) in [5.74, 6) is -0.589. The normalized spacial score (nSPS) is 11.9. The van der Waals surface area contributed by atoms with Crippen molar-refractivity contribution in [2.75, 3.05) is 13.1 Å². The Hall–Kier alpha value is -3.35. The Morgan fingerprint density at radius 2 is 1.62 bits per heavy atom. The molecule has 2 N–H and O–H groups in total. The number of hydrogen-bond donors (Lipinski definition) is 2. The highest BCUT2D eigenvalue weighted by Gasteiger charge is 2.31. The molecule has 7 nitrogen and oxygen atoms in total. The van der Waals surface area contributed by atoms with Crippen molar-refractivity contribution >= 4 is 17.9 Å². The smallest absolute Gasteiger partial charge is 0.408 e. The van der Waals surface area contributed by atoms with Crippen LogP contribution in [0.15, 0.2) is 48.5 Å². The van der Waals surface area contributed by atoms with Crippen LogP contribution < -0.4 is 10.6 Å². The van der Waals surface area contributed by atoms with E-state index in [-0.39, 0.29) is 18.4 Å². The SMILES string of the molecule is CCCCCCN(C(=O)CNC(=O)OC(C)(C)C)C(C(=O)NCc1ccccc1)c1ccc(C)c(C)c1. The molecule has 0 bridgehead atoms. The Bertz CT molecular complexity index is 1030. The van der Waals surface area contributed by atoms with Crippen molar-refractivity contribution in [3.05, 3.63) is 70.8 Å². The van der Waals surface area contributed by atoms with Crippen molar-refractivity contribution < 1.29 is 19.1 Å². The molecule has 2 aromatic carbocycles. The van der Waals surface area contributed by atoms with Gasteiger partial charge in [-0.15, -0.1) is 0 Å². The monoisotopic (exact) mass is 509 g/mol. The van der Waals surface area contributed by atoms with Crippen LogP contribution in [0.1, 0.15) is 81.7 Å². The summed E-state index contributed by atoms with van der Waals surface area (Å²) in [6, 6.07) is 14.7. The first kappa shape index (κ1) is 29.9. The predicted molar refractivity (Wildman–Crippen MR) is 147 cm³/mol. The number of alkyl carbamates (subject to hydrolysis) is 1. The summed E-state index contributed by atoms with van der Waals surface area (Å²) in [7, 11) is 0. The number of carbonyl (C=O) groups excluding carboxylic acids is 3. The number of unbranched alkanes of at least 4 members (excludes halogenated alkanes) is 3. The van der Waals surface area contributed by atoms with Gasteiger partial charge in [0.2, 0.25) is 11.8 Å². The highest BCUT2D eigenvalue weighted by molar-refractivity contribution is 5.90. The van der Waals surface area contributed by atoms with Gasteiger partial charge in [0.25, 0.3) is 0 Å². The molecule has 0 aliphatic rings. The van der Waals surface area contributed by atoms with Crippen molar-refractivity contribution in [3.8, 4) is 0 Å². The largest absolute Gasteiger partial charge is 0.444 e. The summed E-state index contributed by atoms with van der Waals surface area (Å²) in [5, 5.41) is 5.58. The molecular weight excluding hydrogens is 466 g/mol. The van der Waals surface area contributed by atoms with Crippen LogP contribution in [-0.2, 0) is 20.9 Å². The van der Waals surface area contributed by atoms with Crippen molar-refractivity contribution in [2.24, 2.45) is 0 Å². The van der Waals surface area contributed by atoms with Crippen LogP contribution in [0, 0.1) is 13.8 Å². The molecule has 0 fully saturated rings. The minimum absolute atomic E-state index is 0.254. The van der Waals surface area contributed by atoms with E-state index in [4.69, 9.17) is 4.74 Å². The van der Waals surface area contributed by atoms with Gasteiger partial charge >= 0.3 is 6.09 Å². The van der Waals surface area contributed by atoms with Crippen LogP contribution in [0.4, 0.5) is 4.79 Å². The van der Waals surface area contributed by atoms with Gasteiger partial charge in [-0.3, -0.25) is 9.59 Å². The Kier molecular flexibility index (Phi) is 11.6. The maximum Gasteiger partial charge on any atom is 0.408 e. The first-order valence-corrected chi connectivity index (χ1v) is 13.2. The van der Waals surface area contributed by atoms with Gasteiger partial charge in [-0.05, 0) is 63.3 Å². The molecule has 0 radical (unpaired) electrons. The number of carbonyl (C=O) groups is 3. The minimum Gasteiger partial charge on any atom is -0.444 e. The minimum atomic E-state index is -0.822. The van der Waals surface area contributed by atoms with E-state index in [1.807, 2.05) is 62.4 Å². The van der Waals surface area contributed by atoms with Crippen LogP contribution in [0.5, 0.6) is 0 Å². The Labute approximate surface area is 222 Å². The Balaban J connectivity index is 2.32. The number of rotatable bonds is 12. The van der Waals surface area contributed by atoms with E-state index in [2.05, 4.69) is 17.6 Å². The van der Waals surface area contributed by atoms with E-state index in [0.29, 0.717) is 13.1 Å². The van der Waals surface area contributed by atoms with E-state index in [1.54, 1.807) is 25.7 Å². The number of ether oxygens (including phenoxy) is 1. The van der Waals surface area contributed by atoms with Crippen molar-refractivity contribution in [1.82, 2.24) is 15.5 Å². The average molecular weight is 510 g/mol. The van der Waals surface area contributed by atoms with Crippen LogP contribution in [-0.4, -0.2) is 41.5 Å². The van der Waals surface area contributed by atoms with Gasteiger partial charge in [-0.25, -0.2) is 4.79 Å². The first-order valence-electron chi connectivity index (χ1n) is 13.2. The fourth-order valence-electron chi connectivity index (χ4n) is 3.96. The number of amides is 3. The van der Waals surface area contributed by atoms with Crippen molar-refractivity contribution in [2.45, 2.75) is 85.4 Å². The molecule has 0 aliphatic carbocycles. The lowest BCUT2D eigenvalue weighted by Crippen LogP contribution is -2.48. The molecule has 0 aliphatic heterocycles. The zero-order chi connectivity index (χ0) is 27.4. The summed E-state index contributed by atoms with van der Waals surface area (Å²) in [4.78, 5) is 41.0. The summed E-state index contributed by atoms with van der Waals surface area (Å²) >= 11 is 0. The van der Waals surface area contributed by atoms with E-state index in [1.165, 1.54) is 0 Å². The number of benzene rings is 2. The van der Waals surface area contributed by atoms with Crippen molar-refractivity contribution in [1.29, 1.82) is 0 Å². The van der Waals surface area contributed by atoms with Gasteiger partial charge in [-0.2, -0.15) is 0 Å². The van der Waals surface area contributed by atoms with Crippen molar-refractivity contribution in [3.63, 3.8) is 0 Å². The molecule has 0 saturated heterocycles. The number of nitrogens with zero attached hydrogens (tertiary/aromatic N) is 1. The quantitative estimate of drug-likeness (QED) is 0.365. The fraction of sp³-hybridized carbons (Fsp3) is 0.500. The highest BCUT2D eigenvalue weighted by Crippen LogP contribution is 2.25. The lowest BCUT2D eigenvalue weighted by Gasteiger charge is -2.32. The molecular formula is C30H43N3O4. The number of aryl methyl sites for hydroxylation is 2. The van der Waals surface area contributed by atoms with E-state index in [0.717, 1.165) is 47.9 Å². The Morgan fingerprint density at radius 1 is 0.919 bits per heavy atom. The van der Waals surface area contributed by atoms with Crippen LogP contribution in [0.2, 0.25) is 0 Å². The average Bonchev–Trinajstić information content (AvgIpc) is 2.84. The van der Waals surface area contributed by atoms with Crippen LogP contribution in [0.3, 0.4) is 0 Å². The summed E-state index contributed by atoms with van der Waals surface area (Å²) in [5.41, 5.74) is 3.20. The summed E-state index contributed by atoms with van der Waals surface area (Å²) in [6.07, 6.45) is 3.16. The zero-order valence-electron chi connectivity index (χ0n) is 23.2. The molecule has 3 amide bonds. The van der Waals surface area contributed by atoms with Crippen LogP contribution in [0.25, 0.3) is 0 Å². The van der Waals surface area contributed by atoms with E-state index in [9.17, 15) is 14.4 Å². The maximum absolute atomic E-state index is 13.7.